The highest BCUT2D eigenvalue weighted by atomic mass is 16.5. The van der Waals surface area contributed by atoms with E-state index in [1.54, 1.807) is 0 Å². The summed E-state index contributed by atoms with van der Waals surface area (Å²) in [4.78, 5) is 12.7. The first-order valence-electron chi connectivity index (χ1n) is 9.76. The normalized spacial score (nSPS) is 13.7. The van der Waals surface area contributed by atoms with Gasteiger partial charge >= 0.3 is 0 Å². The van der Waals surface area contributed by atoms with E-state index in [0.29, 0.717) is 6.42 Å². The fourth-order valence-corrected chi connectivity index (χ4v) is 3.07. The van der Waals surface area contributed by atoms with E-state index >= 15 is 0 Å². The molecule has 0 aliphatic rings. The molecule has 1 amide bonds. The van der Waals surface area contributed by atoms with Crippen LogP contribution in [0.15, 0.2) is 42.5 Å². The Balaban J connectivity index is 2.05. The van der Waals surface area contributed by atoms with Gasteiger partial charge in [-0.3, -0.25) is 4.79 Å². The Morgan fingerprint density at radius 1 is 1.07 bits per heavy atom. The van der Waals surface area contributed by atoms with E-state index < -0.39 is 6.10 Å². The van der Waals surface area contributed by atoms with Crippen LogP contribution in [-0.2, 0) is 10.2 Å². The van der Waals surface area contributed by atoms with Gasteiger partial charge in [-0.2, -0.15) is 0 Å². The van der Waals surface area contributed by atoms with Crippen LogP contribution in [0.4, 0.5) is 0 Å². The molecule has 2 atom stereocenters. The summed E-state index contributed by atoms with van der Waals surface area (Å²) in [6.07, 6.45) is 0.122. The fraction of sp³-hybridized carbons (Fsp3) is 0.458. The second-order valence-corrected chi connectivity index (χ2v) is 8.39. The quantitative estimate of drug-likeness (QED) is 0.718. The number of carbonyl (C=O) groups excluding carboxylic acids is 1. The average molecular weight is 368 g/mol. The van der Waals surface area contributed by atoms with Crippen LogP contribution in [0.25, 0.3) is 0 Å². The van der Waals surface area contributed by atoms with Gasteiger partial charge in [-0.25, -0.2) is 0 Å². The maximum absolute atomic E-state index is 12.7. The van der Waals surface area contributed by atoms with Crippen LogP contribution < -0.4 is 10.1 Å². The lowest BCUT2D eigenvalue weighted by Gasteiger charge is -2.23. The number of carbonyl (C=O) groups is 1. The molecule has 0 heterocycles. The summed E-state index contributed by atoms with van der Waals surface area (Å²) in [5, 5.41) is 3.09. The number of aryl methyl sites for hydroxylation is 2. The largest absolute Gasteiger partial charge is 0.480 e. The topological polar surface area (TPSA) is 38.3 Å². The van der Waals surface area contributed by atoms with Crippen molar-refractivity contribution >= 4 is 5.91 Å². The lowest BCUT2D eigenvalue weighted by atomic mass is 9.86. The third-order valence-corrected chi connectivity index (χ3v) is 4.90. The molecule has 3 heteroatoms. The van der Waals surface area contributed by atoms with E-state index in [0.717, 1.165) is 16.9 Å². The molecule has 0 saturated carbocycles. The number of nitrogens with one attached hydrogen (secondary N) is 1. The minimum absolute atomic E-state index is 0.0664. The highest BCUT2D eigenvalue weighted by molar-refractivity contribution is 5.81. The molecular weight excluding hydrogens is 334 g/mol. The maximum Gasteiger partial charge on any atom is 0.261 e. The Bertz CT molecular complexity index is 772. The van der Waals surface area contributed by atoms with Crippen LogP contribution in [0.2, 0.25) is 0 Å². The SMILES string of the molecule is CC[C@H](Oc1ccc(C)cc1C)C(=O)N[C@@H](C)c1ccc(C(C)(C)C)cc1. The van der Waals surface area contributed by atoms with Gasteiger partial charge < -0.3 is 10.1 Å². The van der Waals surface area contributed by atoms with Gasteiger partial charge in [0.2, 0.25) is 0 Å². The van der Waals surface area contributed by atoms with Crippen molar-refractivity contribution in [2.24, 2.45) is 0 Å². The predicted molar refractivity (Wildman–Crippen MR) is 112 cm³/mol. The highest BCUT2D eigenvalue weighted by Gasteiger charge is 2.22. The maximum atomic E-state index is 12.7. The summed E-state index contributed by atoms with van der Waals surface area (Å²) in [5.74, 6) is 0.689. The molecule has 2 rings (SSSR count). The monoisotopic (exact) mass is 367 g/mol. The van der Waals surface area contributed by atoms with Crippen molar-refractivity contribution in [1.29, 1.82) is 0 Å². The molecule has 0 saturated heterocycles. The molecule has 0 spiro atoms. The Morgan fingerprint density at radius 2 is 1.70 bits per heavy atom. The van der Waals surface area contributed by atoms with Gasteiger partial charge in [-0.15, -0.1) is 0 Å². The van der Waals surface area contributed by atoms with Crippen LogP contribution in [0.1, 0.15) is 69.3 Å². The summed E-state index contributed by atoms with van der Waals surface area (Å²) in [7, 11) is 0. The molecule has 146 valence electrons. The van der Waals surface area contributed by atoms with E-state index in [9.17, 15) is 4.79 Å². The zero-order valence-electron chi connectivity index (χ0n) is 17.7. The second-order valence-electron chi connectivity index (χ2n) is 8.39. The first-order chi connectivity index (χ1) is 12.6. The third kappa shape index (κ3) is 5.59. The highest BCUT2D eigenvalue weighted by Crippen LogP contribution is 2.24. The average Bonchev–Trinajstić information content (AvgIpc) is 2.60. The lowest BCUT2D eigenvalue weighted by molar-refractivity contribution is -0.128. The van der Waals surface area contributed by atoms with Gasteiger partial charge in [0.15, 0.2) is 6.10 Å². The van der Waals surface area contributed by atoms with Crippen molar-refractivity contribution in [3.8, 4) is 5.75 Å². The van der Waals surface area contributed by atoms with Crippen molar-refractivity contribution in [1.82, 2.24) is 5.32 Å². The van der Waals surface area contributed by atoms with Crippen molar-refractivity contribution in [2.75, 3.05) is 0 Å². The summed E-state index contributed by atoms with van der Waals surface area (Å²) in [6.45, 7) is 14.6. The van der Waals surface area contributed by atoms with E-state index in [4.69, 9.17) is 4.74 Å². The molecule has 0 aliphatic carbocycles. The van der Waals surface area contributed by atoms with E-state index in [1.807, 2.05) is 39.8 Å². The van der Waals surface area contributed by atoms with E-state index in [-0.39, 0.29) is 17.4 Å². The van der Waals surface area contributed by atoms with Crippen molar-refractivity contribution in [2.45, 2.75) is 72.4 Å². The molecule has 0 fully saturated rings. The molecule has 2 aromatic rings. The summed E-state index contributed by atoms with van der Waals surface area (Å²) < 4.78 is 6.00. The first kappa shape index (κ1) is 21.0. The zero-order chi connectivity index (χ0) is 20.2. The molecule has 3 nitrogen and oxygen atoms in total. The minimum Gasteiger partial charge on any atom is -0.480 e. The van der Waals surface area contributed by atoms with Crippen molar-refractivity contribution < 1.29 is 9.53 Å². The lowest BCUT2D eigenvalue weighted by Crippen LogP contribution is -2.39. The Morgan fingerprint density at radius 3 is 2.22 bits per heavy atom. The molecular formula is C24H33NO2. The zero-order valence-corrected chi connectivity index (χ0v) is 17.7. The minimum atomic E-state index is -0.497. The number of ether oxygens (including phenoxy) is 1. The number of hydrogen-bond donors (Lipinski definition) is 1. The molecule has 2 aromatic carbocycles. The molecule has 0 unspecified atom stereocenters. The first-order valence-corrected chi connectivity index (χ1v) is 9.76. The molecule has 0 bridgehead atoms. The predicted octanol–water partition coefficient (Wildman–Crippen LogP) is 5.64. The van der Waals surface area contributed by atoms with Gasteiger partial charge in [0.25, 0.3) is 5.91 Å². The van der Waals surface area contributed by atoms with Gasteiger partial charge in [0.1, 0.15) is 5.75 Å². The Labute approximate surface area is 164 Å². The molecule has 27 heavy (non-hydrogen) atoms. The second kappa shape index (κ2) is 8.60. The number of hydrogen-bond acceptors (Lipinski definition) is 2. The van der Waals surface area contributed by atoms with Gasteiger partial charge in [-0.1, -0.05) is 69.7 Å². The summed E-state index contributed by atoms with van der Waals surface area (Å²) in [5.41, 5.74) is 4.74. The smallest absolute Gasteiger partial charge is 0.261 e. The number of benzene rings is 2. The van der Waals surface area contributed by atoms with E-state index in [2.05, 4.69) is 56.4 Å². The standard InChI is InChI=1S/C24H33NO2/c1-8-21(27-22-14-9-16(2)15-17(22)3)23(26)25-18(4)19-10-12-20(13-11-19)24(5,6)7/h9-15,18,21H,8H2,1-7H3,(H,25,26)/t18-,21-/m0/s1. The summed E-state index contributed by atoms with van der Waals surface area (Å²) >= 11 is 0. The molecule has 0 aliphatic heterocycles. The summed E-state index contributed by atoms with van der Waals surface area (Å²) in [6, 6.07) is 14.4. The van der Waals surface area contributed by atoms with Crippen molar-refractivity contribution in [3.63, 3.8) is 0 Å². The molecule has 0 aromatic heterocycles. The molecule has 1 N–H and O–H groups in total. The third-order valence-electron chi connectivity index (χ3n) is 4.90. The van der Waals surface area contributed by atoms with Crippen LogP contribution in [-0.4, -0.2) is 12.0 Å². The molecule has 0 radical (unpaired) electrons. The number of amides is 1. The van der Waals surface area contributed by atoms with Crippen molar-refractivity contribution in [3.05, 3.63) is 64.7 Å². The van der Waals surface area contributed by atoms with Gasteiger partial charge in [-0.05, 0) is 55.4 Å². The Hall–Kier alpha value is -2.29. The van der Waals surface area contributed by atoms with Crippen LogP contribution in [0.3, 0.4) is 0 Å². The Kier molecular flexibility index (Phi) is 6.69. The number of rotatable bonds is 6. The van der Waals surface area contributed by atoms with E-state index in [1.165, 1.54) is 11.1 Å². The van der Waals surface area contributed by atoms with Gasteiger partial charge in [0, 0.05) is 0 Å². The fourth-order valence-electron chi connectivity index (χ4n) is 3.07. The van der Waals surface area contributed by atoms with Crippen LogP contribution in [0, 0.1) is 13.8 Å². The van der Waals surface area contributed by atoms with Gasteiger partial charge in [0.05, 0.1) is 6.04 Å². The van der Waals surface area contributed by atoms with Crippen LogP contribution in [0.5, 0.6) is 5.75 Å². The van der Waals surface area contributed by atoms with Crippen LogP contribution >= 0.6 is 0 Å².